The first-order chi connectivity index (χ1) is 20.7. The second-order valence-electron chi connectivity index (χ2n) is 11.8. The molecule has 1 atom stereocenters. The second kappa shape index (κ2) is 24.7. The molecule has 1 aromatic rings. The van der Waals surface area contributed by atoms with Gasteiger partial charge >= 0.3 is 0 Å². The van der Waals surface area contributed by atoms with Crippen molar-refractivity contribution >= 4 is 23.4 Å². The van der Waals surface area contributed by atoms with Crippen LogP contribution in [0.2, 0.25) is 0 Å². The molecule has 0 fully saturated rings. The number of nitrogens with zero attached hydrogens (tertiary/aromatic N) is 3. The van der Waals surface area contributed by atoms with Crippen LogP contribution in [0.3, 0.4) is 0 Å². The van der Waals surface area contributed by atoms with Crippen LogP contribution in [0.1, 0.15) is 116 Å². The van der Waals surface area contributed by atoms with Gasteiger partial charge < -0.3 is 20.5 Å². The fourth-order valence-electron chi connectivity index (χ4n) is 4.72. The smallest absolute Gasteiger partial charge is 0.220 e. The van der Waals surface area contributed by atoms with E-state index in [4.69, 9.17) is 15.2 Å². The summed E-state index contributed by atoms with van der Waals surface area (Å²) >= 11 is 0. The Morgan fingerprint density at radius 1 is 0.860 bits per heavy atom. The average molecular weight is 608 g/mol. The number of carbonyl (C=O) groups is 4. The summed E-state index contributed by atoms with van der Waals surface area (Å²) in [5.41, 5.74) is 6.22. The fourth-order valence-corrected chi connectivity index (χ4v) is 4.72. The third-order valence-electron chi connectivity index (χ3n) is 7.25. The van der Waals surface area contributed by atoms with Crippen molar-refractivity contribution in [1.82, 2.24) is 20.3 Å². The van der Waals surface area contributed by atoms with E-state index in [-0.39, 0.29) is 29.3 Å². The second-order valence-corrected chi connectivity index (χ2v) is 11.8. The number of primary amides is 1. The number of aromatic nitrogens is 3. The number of hydrogen-bond acceptors (Lipinski definition) is 8. The van der Waals surface area contributed by atoms with E-state index in [1.165, 1.54) is 12.8 Å². The zero-order chi connectivity index (χ0) is 31.7. The van der Waals surface area contributed by atoms with Crippen LogP contribution in [0.5, 0.6) is 0 Å². The number of ketones is 2. The lowest BCUT2D eigenvalue weighted by molar-refractivity contribution is -0.123. The van der Waals surface area contributed by atoms with Gasteiger partial charge in [-0.05, 0) is 31.6 Å². The Bertz CT molecular complexity index is 920. The van der Waals surface area contributed by atoms with Crippen LogP contribution in [0.4, 0.5) is 0 Å². The van der Waals surface area contributed by atoms with Crippen molar-refractivity contribution in [3.05, 3.63) is 11.9 Å². The Kier molecular flexibility index (Phi) is 22.1. The molecule has 11 heteroatoms. The first-order valence-electron chi connectivity index (χ1n) is 16.3. The van der Waals surface area contributed by atoms with E-state index in [1.807, 2.05) is 0 Å². The molecule has 43 heavy (non-hydrogen) atoms. The van der Waals surface area contributed by atoms with Gasteiger partial charge in [-0.2, -0.15) is 0 Å². The summed E-state index contributed by atoms with van der Waals surface area (Å²) in [4.78, 5) is 47.5. The highest BCUT2D eigenvalue weighted by molar-refractivity contribution is 5.79. The molecule has 1 aromatic heterocycles. The number of rotatable bonds is 29. The van der Waals surface area contributed by atoms with Gasteiger partial charge in [-0.15, -0.1) is 5.10 Å². The summed E-state index contributed by atoms with van der Waals surface area (Å²) in [7, 11) is 0. The highest BCUT2D eigenvalue weighted by atomic mass is 16.5. The van der Waals surface area contributed by atoms with Crippen LogP contribution in [-0.4, -0.2) is 71.3 Å². The third kappa shape index (κ3) is 21.6. The molecule has 0 bridgehead atoms. The topological polar surface area (TPSA) is 156 Å². The molecule has 0 radical (unpaired) electrons. The van der Waals surface area contributed by atoms with E-state index < -0.39 is 0 Å². The maximum atomic E-state index is 12.1. The average Bonchev–Trinajstić information content (AvgIpc) is 3.42. The first kappa shape index (κ1) is 38.4. The van der Waals surface area contributed by atoms with E-state index in [0.717, 1.165) is 50.6 Å². The molecule has 3 N–H and O–H groups in total. The summed E-state index contributed by atoms with van der Waals surface area (Å²) in [5.74, 6) is 0.472. The van der Waals surface area contributed by atoms with E-state index in [1.54, 1.807) is 10.9 Å². The van der Waals surface area contributed by atoms with Gasteiger partial charge in [-0.3, -0.25) is 19.2 Å². The van der Waals surface area contributed by atoms with Crippen molar-refractivity contribution in [2.45, 2.75) is 124 Å². The number of nitrogens with two attached hydrogens (primary N) is 1. The lowest BCUT2D eigenvalue weighted by atomic mass is 9.91. The monoisotopic (exact) mass is 607 g/mol. The van der Waals surface area contributed by atoms with Crippen molar-refractivity contribution in [1.29, 1.82) is 0 Å². The Morgan fingerprint density at radius 2 is 1.51 bits per heavy atom. The van der Waals surface area contributed by atoms with Crippen molar-refractivity contribution in [3.63, 3.8) is 0 Å². The van der Waals surface area contributed by atoms with Crippen LogP contribution < -0.4 is 11.1 Å². The summed E-state index contributed by atoms with van der Waals surface area (Å²) < 4.78 is 12.7. The number of amides is 2. The molecule has 0 spiro atoms. The molecule has 0 saturated carbocycles. The number of Topliss-reactive ketones (excluding diaryl/α,β-unsaturated/α-hetero) is 2. The number of carbonyl (C=O) groups excluding carboxylic acids is 4. The molecule has 0 aromatic carbocycles. The largest absolute Gasteiger partial charge is 0.379 e. The van der Waals surface area contributed by atoms with Crippen molar-refractivity contribution < 1.29 is 28.7 Å². The van der Waals surface area contributed by atoms with Gasteiger partial charge in [0.05, 0.1) is 38.7 Å². The summed E-state index contributed by atoms with van der Waals surface area (Å²) in [6, 6.07) is 0. The molecule has 0 saturated heterocycles. The predicted octanol–water partition coefficient (Wildman–Crippen LogP) is 4.35. The Hall–Kier alpha value is -2.66. The summed E-state index contributed by atoms with van der Waals surface area (Å²) in [5, 5.41) is 11.0. The lowest BCUT2D eigenvalue weighted by Gasteiger charge is -2.15. The Morgan fingerprint density at radius 3 is 2.14 bits per heavy atom. The number of unbranched alkanes of at least 4 members (excludes halogenated alkanes) is 5. The van der Waals surface area contributed by atoms with Crippen molar-refractivity contribution in [2.24, 2.45) is 17.6 Å². The van der Waals surface area contributed by atoms with E-state index >= 15 is 0 Å². The van der Waals surface area contributed by atoms with Crippen molar-refractivity contribution in [3.8, 4) is 0 Å². The van der Waals surface area contributed by atoms with Crippen LogP contribution in [0.15, 0.2) is 6.20 Å². The molecule has 0 aliphatic rings. The quantitative estimate of drug-likeness (QED) is 0.127. The number of hydrogen-bond donors (Lipinski definition) is 2. The summed E-state index contributed by atoms with van der Waals surface area (Å²) in [6.07, 6.45) is 13.2. The predicted molar refractivity (Wildman–Crippen MR) is 166 cm³/mol. The molecule has 0 aliphatic heterocycles. The maximum Gasteiger partial charge on any atom is 0.220 e. The van der Waals surface area contributed by atoms with E-state index in [2.05, 4.69) is 36.4 Å². The number of aryl methyl sites for hydroxylation is 1. The highest BCUT2D eigenvalue weighted by Gasteiger charge is 2.16. The summed E-state index contributed by atoms with van der Waals surface area (Å²) in [6.45, 7) is 8.83. The van der Waals surface area contributed by atoms with Crippen LogP contribution in [0.25, 0.3) is 0 Å². The molecule has 2 amide bonds. The van der Waals surface area contributed by atoms with Crippen molar-refractivity contribution in [2.75, 3.05) is 33.0 Å². The number of ether oxygens (including phenoxy) is 2. The van der Waals surface area contributed by atoms with Gasteiger partial charge in [0, 0.05) is 57.2 Å². The van der Waals surface area contributed by atoms with E-state index in [9.17, 15) is 19.2 Å². The molecule has 0 aliphatic carbocycles. The van der Waals surface area contributed by atoms with Gasteiger partial charge in [0.2, 0.25) is 11.8 Å². The third-order valence-corrected chi connectivity index (χ3v) is 7.25. The molecule has 11 nitrogen and oxygen atoms in total. The van der Waals surface area contributed by atoms with Gasteiger partial charge in [0.25, 0.3) is 0 Å². The first-order valence-corrected chi connectivity index (χ1v) is 16.3. The van der Waals surface area contributed by atoms with Gasteiger partial charge in [0.15, 0.2) is 0 Å². The number of nitrogens with one attached hydrogen (secondary N) is 1. The zero-order valence-corrected chi connectivity index (χ0v) is 26.9. The highest BCUT2D eigenvalue weighted by Crippen LogP contribution is 2.19. The molecule has 1 unspecified atom stereocenters. The van der Waals surface area contributed by atoms with E-state index in [0.29, 0.717) is 84.0 Å². The minimum Gasteiger partial charge on any atom is -0.379 e. The van der Waals surface area contributed by atoms with Gasteiger partial charge in [0.1, 0.15) is 11.6 Å². The molecule has 1 heterocycles. The van der Waals surface area contributed by atoms with Crippen LogP contribution >= 0.6 is 0 Å². The standard InChI is InChI=1S/C32H57N5O6/c1-4-5-6-9-12-29(38)17-21-43-23-19-37-25-28(35-36-37)14-15-31(40)34-18-22-42-20-16-30(39)13-10-7-8-11-27(32(33)41)24-26(2)3/h25-27H,4-24H2,1-3H3,(H2,33,41)(H,34,40). The van der Waals surface area contributed by atoms with Gasteiger partial charge in [-0.1, -0.05) is 58.1 Å². The normalized spacial score (nSPS) is 12.0. The minimum absolute atomic E-state index is 0.0736. The lowest BCUT2D eigenvalue weighted by Crippen LogP contribution is -2.27. The Balaban J connectivity index is 2.00. The van der Waals surface area contributed by atoms with Crippen LogP contribution in [0, 0.1) is 11.8 Å². The minimum atomic E-state index is -0.227. The molecule has 246 valence electrons. The Labute approximate surface area is 258 Å². The molecular formula is C32H57N5O6. The zero-order valence-electron chi connectivity index (χ0n) is 26.9. The SMILES string of the molecule is CCCCCCC(=O)CCOCCn1cc(CCC(=O)NCCOCCC(=O)CCCCCC(CC(C)C)C(N)=O)nn1. The fraction of sp³-hybridized carbons (Fsp3) is 0.812. The molecular weight excluding hydrogens is 550 g/mol. The van der Waals surface area contributed by atoms with Crippen LogP contribution in [-0.2, 0) is 41.6 Å². The molecule has 1 rings (SSSR count). The van der Waals surface area contributed by atoms with Gasteiger partial charge in [-0.25, -0.2) is 4.68 Å². The maximum absolute atomic E-state index is 12.1.